The number of ether oxygens (including phenoxy) is 2. The number of carbonyl (C=O) groups excluding carboxylic acids is 2. The van der Waals surface area contributed by atoms with Gasteiger partial charge >= 0.3 is 11.9 Å². The van der Waals surface area contributed by atoms with Crippen LogP contribution in [0, 0.1) is 38.9 Å². The van der Waals surface area contributed by atoms with Gasteiger partial charge in [-0.05, 0) is 37.0 Å². The predicted octanol–water partition coefficient (Wildman–Crippen LogP) is 3.86. The van der Waals surface area contributed by atoms with Gasteiger partial charge in [-0.15, -0.1) is 0 Å². The maximum atomic E-state index is 13.2. The number of nitrogens with zero attached hydrogens (tertiary/aromatic N) is 1. The van der Waals surface area contributed by atoms with Crippen molar-refractivity contribution in [3.05, 3.63) is 0 Å². The first-order valence-corrected chi connectivity index (χ1v) is 9.08. The normalized spacial score (nSPS) is 30.2. The molecular weight excluding hydrogens is 318 g/mol. The molecule has 0 radical (unpaired) electrons. The topological polar surface area (TPSA) is 76.4 Å². The average Bonchev–Trinajstić information content (AvgIpc) is 2.87. The first kappa shape index (κ1) is 19.8. The first-order valence-electron chi connectivity index (χ1n) is 9.08. The number of cyclic esters (lactones) is 1. The van der Waals surface area contributed by atoms with Crippen LogP contribution < -0.4 is 0 Å². The fraction of sp³-hybridized carbons (Fsp3) is 0.850. The lowest BCUT2D eigenvalue weighted by Gasteiger charge is -2.49. The second-order valence-electron chi connectivity index (χ2n) is 9.86. The van der Waals surface area contributed by atoms with Gasteiger partial charge < -0.3 is 9.47 Å². The van der Waals surface area contributed by atoms with Gasteiger partial charge in [0.15, 0.2) is 5.41 Å². The molecule has 5 heteroatoms. The van der Waals surface area contributed by atoms with Crippen LogP contribution in [0.25, 0.3) is 0 Å². The van der Waals surface area contributed by atoms with Gasteiger partial charge in [0, 0.05) is 5.92 Å². The molecule has 2 aliphatic rings. The molecule has 0 aromatic rings. The van der Waals surface area contributed by atoms with Crippen LogP contribution in [0.15, 0.2) is 0 Å². The van der Waals surface area contributed by atoms with Crippen molar-refractivity contribution in [2.45, 2.75) is 73.8 Å². The molecule has 3 unspecified atom stereocenters. The summed E-state index contributed by atoms with van der Waals surface area (Å²) in [5, 5.41) is 9.42. The van der Waals surface area contributed by atoms with E-state index in [1.807, 2.05) is 48.5 Å². The first-order chi connectivity index (χ1) is 11.3. The molecule has 3 atom stereocenters. The molecule has 0 spiro atoms. The Balaban J connectivity index is 2.26. The van der Waals surface area contributed by atoms with Crippen molar-refractivity contribution in [1.82, 2.24) is 0 Å². The van der Waals surface area contributed by atoms with Crippen molar-refractivity contribution in [2.24, 2.45) is 27.6 Å². The Kier molecular flexibility index (Phi) is 4.74. The maximum absolute atomic E-state index is 13.2. The monoisotopic (exact) mass is 349 g/mol. The van der Waals surface area contributed by atoms with Crippen molar-refractivity contribution in [1.29, 1.82) is 5.26 Å². The van der Waals surface area contributed by atoms with E-state index < -0.39 is 22.9 Å². The van der Waals surface area contributed by atoms with E-state index in [1.165, 1.54) is 0 Å². The highest BCUT2D eigenvalue weighted by Crippen LogP contribution is 2.53. The smallest absolute Gasteiger partial charge is 0.326 e. The summed E-state index contributed by atoms with van der Waals surface area (Å²) in [7, 11) is 0. The lowest BCUT2D eigenvalue weighted by molar-refractivity contribution is -0.185. The van der Waals surface area contributed by atoms with Crippen LogP contribution in [0.4, 0.5) is 0 Å². The number of rotatable bonds is 2. The van der Waals surface area contributed by atoms with Crippen LogP contribution in [-0.4, -0.2) is 24.6 Å². The zero-order valence-corrected chi connectivity index (χ0v) is 16.6. The number of carbonyl (C=O) groups is 2. The number of esters is 2. The van der Waals surface area contributed by atoms with Crippen LogP contribution >= 0.6 is 0 Å². The lowest BCUT2D eigenvalue weighted by atomic mass is 9.55. The molecule has 1 aliphatic heterocycles. The summed E-state index contributed by atoms with van der Waals surface area (Å²) in [4.78, 5) is 25.4. The molecule has 0 aromatic heterocycles. The quantitative estimate of drug-likeness (QED) is 0.707. The molecular formula is C20H31NO4. The largest absolute Gasteiger partial charge is 0.461 e. The SMILES string of the molecule is CC(C)(C)C(C)(C(=O)OC1COC(=O)C2(C#N)CCC1C2)C(C)(C)C. The molecule has 1 aliphatic carbocycles. The highest BCUT2D eigenvalue weighted by molar-refractivity contribution is 5.81. The number of hydrogen-bond acceptors (Lipinski definition) is 5. The van der Waals surface area contributed by atoms with E-state index in [-0.39, 0.29) is 29.3 Å². The van der Waals surface area contributed by atoms with Crippen LogP contribution in [0.5, 0.6) is 0 Å². The third kappa shape index (κ3) is 3.05. The van der Waals surface area contributed by atoms with Crippen molar-refractivity contribution in [3.63, 3.8) is 0 Å². The van der Waals surface area contributed by atoms with E-state index in [0.29, 0.717) is 19.3 Å². The van der Waals surface area contributed by atoms with E-state index in [2.05, 4.69) is 6.07 Å². The minimum atomic E-state index is -1.05. The van der Waals surface area contributed by atoms with Gasteiger partial charge in [0.05, 0.1) is 11.5 Å². The Morgan fingerprint density at radius 1 is 1.20 bits per heavy atom. The zero-order chi connectivity index (χ0) is 19.3. The summed E-state index contributed by atoms with van der Waals surface area (Å²) in [6, 6.07) is 2.14. The summed E-state index contributed by atoms with van der Waals surface area (Å²) in [5.74, 6) is -0.727. The average molecular weight is 349 g/mol. The van der Waals surface area contributed by atoms with Gasteiger partial charge in [-0.3, -0.25) is 9.59 Å². The number of fused-ring (bicyclic) bond motifs is 2. The van der Waals surface area contributed by atoms with Gasteiger partial charge in [0.25, 0.3) is 0 Å². The summed E-state index contributed by atoms with van der Waals surface area (Å²) in [6.45, 7) is 14.3. The highest BCUT2D eigenvalue weighted by Gasteiger charge is 2.56. The van der Waals surface area contributed by atoms with E-state index >= 15 is 0 Å². The minimum absolute atomic E-state index is 0.000707. The third-order valence-corrected chi connectivity index (χ3v) is 6.73. The van der Waals surface area contributed by atoms with E-state index in [4.69, 9.17) is 9.47 Å². The molecule has 140 valence electrons. The minimum Gasteiger partial charge on any atom is -0.461 e. The van der Waals surface area contributed by atoms with Crippen molar-refractivity contribution >= 4 is 11.9 Å². The Bertz CT molecular complexity index is 591. The number of hydrogen-bond donors (Lipinski definition) is 0. The van der Waals surface area contributed by atoms with Crippen LogP contribution in [-0.2, 0) is 19.1 Å². The summed E-state index contributed by atoms with van der Waals surface area (Å²) < 4.78 is 11.2. The fourth-order valence-corrected chi connectivity index (χ4v) is 4.29. The van der Waals surface area contributed by atoms with E-state index in [9.17, 15) is 14.9 Å². The molecule has 1 saturated heterocycles. The Labute approximate surface area is 151 Å². The van der Waals surface area contributed by atoms with E-state index in [0.717, 1.165) is 0 Å². The molecule has 2 rings (SSSR count). The highest BCUT2D eigenvalue weighted by atomic mass is 16.6. The van der Waals surface area contributed by atoms with Crippen molar-refractivity contribution in [3.8, 4) is 6.07 Å². The summed E-state index contributed by atoms with van der Waals surface area (Å²) in [6.07, 6.45) is 1.14. The van der Waals surface area contributed by atoms with Crippen molar-refractivity contribution < 1.29 is 19.1 Å². The van der Waals surface area contributed by atoms with Crippen LogP contribution in [0.3, 0.4) is 0 Å². The molecule has 0 N–H and O–H groups in total. The Morgan fingerprint density at radius 3 is 2.24 bits per heavy atom. The molecule has 2 bridgehead atoms. The maximum Gasteiger partial charge on any atom is 0.326 e. The van der Waals surface area contributed by atoms with Gasteiger partial charge in [-0.1, -0.05) is 41.5 Å². The molecule has 1 heterocycles. The molecule has 0 aromatic carbocycles. The van der Waals surface area contributed by atoms with E-state index in [1.54, 1.807) is 0 Å². The number of nitriles is 1. The molecule has 2 fully saturated rings. The molecule has 5 nitrogen and oxygen atoms in total. The molecule has 25 heavy (non-hydrogen) atoms. The molecule has 1 saturated carbocycles. The molecule has 0 amide bonds. The predicted molar refractivity (Wildman–Crippen MR) is 93.2 cm³/mol. The fourth-order valence-electron chi connectivity index (χ4n) is 4.29. The summed E-state index contributed by atoms with van der Waals surface area (Å²) in [5.41, 5.74) is -2.35. The lowest BCUT2D eigenvalue weighted by Crippen LogP contribution is -2.52. The van der Waals surface area contributed by atoms with Gasteiger partial charge in [0.1, 0.15) is 12.7 Å². The summed E-state index contributed by atoms with van der Waals surface area (Å²) >= 11 is 0. The van der Waals surface area contributed by atoms with Gasteiger partial charge in [-0.25, -0.2) is 0 Å². The third-order valence-electron chi connectivity index (χ3n) is 6.73. The van der Waals surface area contributed by atoms with Gasteiger partial charge in [0.2, 0.25) is 0 Å². The second-order valence-corrected chi connectivity index (χ2v) is 9.86. The van der Waals surface area contributed by atoms with Gasteiger partial charge in [-0.2, -0.15) is 5.26 Å². The zero-order valence-electron chi connectivity index (χ0n) is 16.6. The van der Waals surface area contributed by atoms with Crippen LogP contribution in [0.1, 0.15) is 67.7 Å². The van der Waals surface area contributed by atoms with Crippen LogP contribution in [0.2, 0.25) is 0 Å². The standard InChI is InChI=1S/C20H31NO4/c1-17(2,3)19(7,18(4,5)6)15(22)25-14-11-24-16(23)20(12-21)9-8-13(14)10-20/h13-14H,8-11H2,1-7H3. The second kappa shape index (κ2) is 6.00. The van der Waals surface area contributed by atoms with Crippen molar-refractivity contribution in [2.75, 3.05) is 6.61 Å². The Morgan fingerprint density at radius 2 is 1.76 bits per heavy atom. The Hall–Kier alpha value is -1.57.